The zero-order chi connectivity index (χ0) is 18.0. The van der Waals surface area contributed by atoms with E-state index in [0.29, 0.717) is 11.2 Å². The standard InChI is InChI=1S/C18H13F3N2O2/c1-25-12-7-8-13(14(10-12)18(19,20)21)17(24)23-15-6-2-4-11-5-3-9-22-16(11)15/h2-10H,1H3,(H,23,24). The van der Waals surface area contributed by atoms with E-state index in [1.165, 1.54) is 13.2 Å². The van der Waals surface area contributed by atoms with Crippen LogP contribution in [0.25, 0.3) is 10.9 Å². The Morgan fingerprint density at radius 3 is 2.60 bits per heavy atom. The highest BCUT2D eigenvalue weighted by molar-refractivity contribution is 6.09. The Hall–Kier alpha value is -3.09. The second-order valence-electron chi connectivity index (χ2n) is 5.24. The summed E-state index contributed by atoms with van der Waals surface area (Å²) < 4.78 is 44.6. The summed E-state index contributed by atoms with van der Waals surface area (Å²) in [5.41, 5.74) is -0.703. The Bertz CT molecular complexity index is 934. The molecule has 128 valence electrons. The van der Waals surface area contributed by atoms with Crippen LogP contribution >= 0.6 is 0 Å². The van der Waals surface area contributed by atoms with Gasteiger partial charge in [-0.2, -0.15) is 13.2 Å². The monoisotopic (exact) mass is 346 g/mol. The molecule has 2 aromatic carbocycles. The maximum Gasteiger partial charge on any atom is 0.417 e. The van der Waals surface area contributed by atoms with Gasteiger partial charge in [0.2, 0.25) is 0 Å². The lowest BCUT2D eigenvalue weighted by Crippen LogP contribution is -2.19. The number of ether oxygens (including phenoxy) is 1. The molecule has 3 rings (SSSR count). The Labute approximate surface area is 141 Å². The summed E-state index contributed by atoms with van der Waals surface area (Å²) >= 11 is 0. The highest BCUT2D eigenvalue weighted by atomic mass is 19.4. The fraction of sp³-hybridized carbons (Fsp3) is 0.111. The number of pyridine rings is 1. The van der Waals surface area contributed by atoms with Gasteiger partial charge in [0, 0.05) is 11.6 Å². The van der Waals surface area contributed by atoms with Crippen LogP contribution in [-0.2, 0) is 6.18 Å². The summed E-state index contributed by atoms with van der Waals surface area (Å²) in [5, 5.41) is 3.28. The molecule has 7 heteroatoms. The van der Waals surface area contributed by atoms with Crippen LogP contribution in [0.15, 0.2) is 54.7 Å². The quantitative estimate of drug-likeness (QED) is 0.759. The lowest BCUT2D eigenvalue weighted by atomic mass is 10.1. The summed E-state index contributed by atoms with van der Waals surface area (Å²) in [6, 6.07) is 11.8. The van der Waals surface area contributed by atoms with Crippen LogP contribution in [0, 0.1) is 0 Å². The second kappa shape index (κ2) is 6.43. The number of methoxy groups -OCH3 is 1. The molecule has 0 fully saturated rings. The molecule has 25 heavy (non-hydrogen) atoms. The number of benzene rings is 2. The number of nitrogens with one attached hydrogen (secondary N) is 1. The van der Waals surface area contributed by atoms with Crippen molar-refractivity contribution in [3.8, 4) is 5.75 Å². The summed E-state index contributed by atoms with van der Waals surface area (Å²) in [4.78, 5) is 16.6. The van der Waals surface area contributed by atoms with Crippen LogP contribution in [0.2, 0.25) is 0 Å². The van der Waals surface area contributed by atoms with Gasteiger partial charge in [-0.05, 0) is 30.3 Å². The molecular weight excluding hydrogens is 333 g/mol. The topological polar surface area (TPSA) is 51.2 Å². The van der Waals surface area contributed by atoms with E-state index in [-0.39, 0.29) is 5.75 Å². The maximum atomic E-state index is 13.3. The predicted octanol–water partition coefficient (Wildman–Crippen LogP) is 4.51. The normalized spacial score (nSPS) is 11.4. The molecule has 1 amide bonds. The number of nitrogens with zero attached hydrogens (tertiary/aromatic N) is 1. The van der Waals surface area contributed by atoms with Crippen LogP contribution in [0.1, 0.15) is 15.9 Å². The van der Waals surface area contributed by atoms with Crippen molar-refractivity contribution in [1.29, 1.82) is 0 Å². The van der Waals surface area contributed by atoms with Gasteiger partial charge in [-0.25, -0.2) is 0 Å². The number of amides is 1. The lowest BCUT2D eigenvalue weighted by molar-refractivity contribution is -0.138. The molecule has 3 aromatic rings. The van der Waals surface area contributed by atoms with Crippen molar-refractivity contribution in [3.63, 3.8) is 0 Å². The minimum atomic E-state index is -4.68. The summed E-state index contributed by atoms with van der Waals surface area (Å²) in [6.07, 6.45) is -3.13. The van der Waals surface area contributed by atoms with Gasteiger partial charge in [-0.1, -0.05) is 18.2 Å². The molecule has 0 aliphatic heterocycles. The third-order valence-corrected chi connectivity index (χ3v) is 3.66. The van der Waals surface area contributed by atoms with Crippen LogP contribution < -0.4 is 10.1 Å². The molecule has 0 spiro atoms. The van der Waals surface area contributed by atoms with Gasteiger partial charge in [0.25, 0.3) is 5.91 Å². The Balaban J connectivity index is 2.01. The number of hydrogen-bond acceptors (Lipinski definition) is 3. The van der Waals surface area contributed by atoms with E-state index in [0.717, 1.165) is 17.5 Å². The second-order valence-corrected chi connectivity index (χ2v) is 5.24. The molecule has 1 aromatic heterocycles. The van der Waals surface area contributed by atoms with Gasteiger partial charge in [-0.3, -0.25) is 9.78 Å². The van der Waals surface area contributed by atoms with E-state index < -0.39 is 23.2 Å². The largest absolute Gasteiger partial charge is 0.497 e. The summed E-state index contributed by atoms with van der Waals surface area (Å²) in [7, 11) is 1.26. The third kappa shape index (κ3) is 3.40. The van der Waals surface area contributed by atoms with Crippen molar-refractivity contribution in [2.45, 2.75) is 6.18 Å². The van der Waals surface area contributed by atoms with Crippen LogP contribution in [0.4, 0.5) is 18.9 Å². The van der Waals surface area contributed by atoms with Gasteiger partial charge in [0.05, 0.1) is 29.4 Å². The van der Waals surface area contributed by atoms with E-state index in [1.54, 1.807) is 36.5 Å². The minimum Gasteiger partial charge on any atom is -0.497 e. The fourth-order valence-electron chi connectivity index (χ4n) is 2.48. The van der Waals surface area contributed by atoms with Crippen LogP contribution in [0.5, 0.6) is 5.75 Å². The molecule has 0 aliphatic carbocycles. The van der Waals surface area contributed by atoms with E-state index >= 15 is 0 Å². The number of fused-ring (bicyclic) bond motifs is 1. The van der Waals surface area contributed by atoms with Gasteiger partial charge in [0.15, 0.2) is 0 Å². The number of rotatable bonds is 3. The third-order valence-electron chi connectivity index (χ3n) is 3.66. The van der Waals surface area contributed by atoms with E-state index in [9.17, 15) is 18.0 Å². The first-order valence-corrected chi connectivity index (χ1v) is 7.30. The molecule has 1 N–H and O–H groups in total. The van der Waals surface area contributed by atoms with Gasteiger partial charge in [-0.15, -0.1) is 0 Å². The first kappa shape index (κ1) is 16.8. The zero-order valence-electron chi connectivity index (χ0n) is 13.1. The van der Waals surface area contributed by atoms with Crippen molar-refractivity contribution >= 4 is 22.5 Å². The Kier molecular flexibility index (Phi) is 4.31. The molecule has 0 aliphatic rings. The van der Waals surface area contributed by atoms with Crippen molar-refractivity contribution < 1.29 is 22.7 Å². The van der Waals surface area contributed by atoms with Gasteiger partial charge in [0.1, 0.15) is 5.75 Å². The smallest absolute Gasteiger partial charge is 0.417 e. The fourth-order valence-corrected chi connectivity index (χ4v) is 2.48. The van der Waals surface area contributed by atoms with Crippen molar-refractivity contribution in [2.75, 3.05) is 12.4 Å². The average molecular weight is 346 g/mol. The molecular formula is C18H13F3N2O2. The number of hydrogen-bond donors (Lipinski definition) is 1. The number of anilines is 1. The summed E-state index contributed by atoms with van der Waals surface area (Å²) in [5.74, 6) is -0.844. The number of para-hydroxylation sites is 1. The lowest BCUT2D eigenvalue weighted by Gasteiger charge is -2.14. The highest BCUT2D eigenvalue weighted by Crippen LogP contribution is 2.35. The van der Waals surface area contributed by atoms with E-state index in [2.05, 4.69) is 10.3 Å². The zero-order valence-corrected chi connectivity index (χ0v) is 13.1. The number of alkyl halides is 3. The first-order valence-electron chi connectivity index (χ1n) is 7.30. The minimum absolute atomic E-state index is 0.0238. The Morgan fingerprint density at radius 1 is 1.12 bits per heavy atom. The van der Waals surface area contributed by atoms with E-state index in [4.69, 9.17) is 4.74 Å². The number of aromatic nitrogens is 1. The predicted molar refractivity (Wildman–Crippen MR) is 87.7 cm³/mol. The van der Waals surface area contributed by atoms with Crippen LogP contribution in [-0.4, -0.2) is 18.0 Å². The molecule has 0 saturated carbocycles. The maximum absolute atomic E-state index is 13.3. The molecule has 0 radical (unpaired) electrons. The highest BCUT2D eigenvalue weighted by Gasteiger charge is 2.35. The van der Waals surface area contributed by atoms with Crippen LogP contribution in [0.3, 0.4) is 0 Å². The van der Waals surface area contributed by atoms with Gasteiger partial charge >= 0.3 is 6.18 Å². The Morgan fingerprint density at radius 2 is 1.88 bits per heavy atom. The SMILES string of the molecule is COc1ccc(C(=O)Nc2cccc3cccnc23)c(C(F)(F)F)c1. The molecule has 0 saturated heterocycles. The molecule has 0 bridgehead atoms. The number of carbonyl (C=O) groups excluding carboxylic acids is 1. The summed E-state index contributed by atoms with van der Waals surface area (Å²) in [6.45, 7) is 0. The first-order chi connectivity index (χ1) is 11.9. The van der Waals surface area contributed by atoms with Crippen molar-refractivity contribution in [2.24, 2.45) is 0 Å². The number of halogens is 3. The van der Waals surface area contributed by atoms with Crippen molar-refractivity contribution in [1.82, 2.24) is 4.98 Å². The molecule has 1 heterocycles. The van der Waals surface area contributed by atoms with Crippen molar-refractivity contribution in [3.05, 3.63) is 65.9 Å². The molecule has 0 unspecified atom stereocenters. The van der Waals surface area contributed by atoms with E-state index in [1.807, 2.05) is 0 Å². The van der Waals surface area contributed by atoms with Gasteiger partial charge < -0.3 is 10.1 Å². The number of carbonyl (C=O) groups is 1. The average Bonchev–Trinajstić information content (AvgIpc) is 2.60. The molecule has 4 nitrogen and oxygen atoms in total. The molecule has 0 atom stereocenters.